The van der Waals surface area contributed by atoms with Crippen molar-refractivity contribution in [1.82, 2.24) is 0 Å². The predicted molar refractivity (Wildman–Crippen MR) is 77.9 cm³/mol. The maximum Gasteiger partial charge on any atom is 0.485 e. The predicted octanol–water partition coefficient (Wildman–Crippen LogP) is 2.28. The Hall–Kier alpha value is -2.26. The topological polar surface area (TPSA) is 78.1 Å². The molecule has 130 valence electrons. The summed E-state index contributed by atoms with van der Waals surface area (Å²) in [4.78, 5) is 11.2. The number of hydrogen-bond acceptors (Lipinski definition) is 4. The number of hydrogen-bond donors (Lipinski definition) is 0. The van der Waals surface area contributed by atoms with Gasteiger partial charge in [0.25, 0.3) is 0 Å². The number of alkyl halides is 3. The van der Waals surface area contributed by atoms with E-state index in [1.165, 1.54) is 5.56 Å². The molecule has 1 aromatic carbocycles. The molecule has 9 heteroatoms. The van der Waals surface area contributed by atoms with Crippen molar-refractivity contribution < 1.29 is 35.5 Å². The fourth-order valence-electron chi connectivity index (χ4n) is 1.62. The molecule has 0 saturated carbocycles. The summed E-state index contributed by atoms with van der Waals surface area (Å²) in [6.07, 6.45) is 3.86. The zero-order chi connectivity index (χ0) is 18.4. The fourth-order valence-corrected chi connectivity index (χ4v) is 1.62. The second kappa shape index (κ2) is 8.02. The quantitative estimate of drug-likeness (QED) is 0.364. The van der Waals surface area contributed by atoms with Crippen LogP contribution in [0.3, 0.4) is 0 Å². The average Bonchev–Trinajstić information content (AvgIpc) is 2.47. The van der Waals surface area contributed by atoms with Crippen LogP contribution in [0.2, 0.25) is 0 Å². The van der Waals surface area contributed by atoms with Gasteiger partial charge in [0.05, 0.1) is 5.56 Å². The maximum atomic E-state index is 11.2. The third-order valence-electron chi connectivity index (χ3n) is 2.76. The van der Waals surface area contributed by atoms with E-state index < -0.39 is 15.6 Å². The summed E-state index contributed by atoms with van der Waals surface area (Å²) in [5.74, 6) is 0.0995. The van der Waals surface area contributed by atoms with Gasteiger partial charge in [-0.25, -0.2) is 13.0 Å². The van der Waals surface area contributed by atoms with Crippen LogP contribution in [0.1, 0.15) is 22.8 Å². The van der Waals surface area contributed by atoms with Crippen molar-refractivity contribution in [3.8, 4) is 0 Å². The number of carbonyl (C=O) groups is 1. The van der Waals surface area contributed by atoms with Crippen LogP contribution in [-0.4, -0.2) is 24.3 Å². The first-order valence-electron chi connectivity index (χ1n) is 6.57. The van der Waals surface area contributed by atoms with Crippen LogP contribution in [0.25, 0.3) is 0 Å². The molecule has 2 aromatic rings. The molecule has 0 amide bonds. The number of ketones is 1. The minimum atomic E-state index is -6.09. The molecule has 0 N–H and O–H groups in total. The molecule has 0 fully saturated rings. The van der Waals surface area contributed by atoms with Crippen molar-refractivity contribution >= 4 is 15.9 Å². The molecule has 0 aliphatic heterocycles. The van der Waals surface area contributed by atoms with Gasteiger partial charge in [0, 0.05) is 11.6 Å². The first kappa shape index (κ1) is 19.8. The third kappa shape index (κ3) is 6.47. The summed E-state index contributed by atoms with van der Waals surface area (Å²) in [6, 6.07) is 13.9. The van der Waals surface area contributed by atoms with Crippen LogP contribution in [-0.2, 0) is 16.7 Å². The summed E-state index contributed by atoms with van der Waals surface area (Å²) >= 11 is 0. The average molecular weight is 361 g/mol. The SMILES string of the molecule is CC(=O)c1ccc[n+](Cc2ccccc2)c1.O=S(=O)([O-])C(F)(F)F. The van der Waals surface area contributed by atoms with Gasteiger partial charge < -0.3 is 4.55 Å². The minimum Gasteiger partial charge on any atom is -0.741 e. The van der Waals surface area contributed by atoms with Gasteiger partial charge >= 0.3 is 5.51 Å². The van der Waals surface area contributed by atoms with E-state index in [1.807, 2.05) is 47.3 Å². The Morgan fingerprint density at radius 1 is 1.12 bits per heavy atom. The molecule has 0 atom stereocenters. The van der Waals surface area contributed by atoms with Gasteiger partial charge in [0.2, 0.25) is 0 Å². The Morgan fingerprint density at radius 3 is 2.12 bits per heavy atom. The first-order chi connectivity index (χ1) is 11.0. The van der Waals surface area contributed by atoms with Crippen molar-refractivity contribution in [2.75, 3.05) is 0 Å². The van der Waals surface area contributed by atoms with E-state index in [4.69, 9.17) is 13.0 Å². The molecule has 2 rings (SSSR count). The number of carbonyl (C=O) groups excluding carboxylic acids is 1. The van der Waals surface area contributed by atoms with Crippen LogP contribution in [0.4, 0.5) is 13.2 Å². The van der Waals surface area contributed by atoms with E-state index in [-0.39, 0.29) is 5.78 Å². The van der Waals surface area contributed by atoms with Crippen LogP contribution in [0.15, 0.2) is 54.9 Å². The normalized spacial score (nSPS) is 11.4. The largest absolute Gasteiger partial charge is 0.741 e. The number of Topliss-reactive ketones (excluding diaryl/α,β-unsaturated/α-hetero) is 1. The van der Waals surface area contributed by atoms with E-state index in [1.54, 1.807) is 6.92 Å². The van der Waals surface area contributed by atoms with E-state index in [0.717, 1.165) is 12.1 Å². The van der Waals surface area contributed by atoms with Gasteiger partial charge in [-0.15, -0.1) is 0 Å². The summed E-state index contributed by atoms with van der Waals surface area (Å²) < 4.78 is 60.9. The van der Waals surface area contributed by atoms with E-state index in [2.05, 4.69) is 12.1 Å². The highest BCUT2D eigenvalue weighted by Crippen LogP contribution is 2.20. The molecule has 0 spiro atoms. The van der Waals surface area contributed by atoms with Gasteiger partial charge in [-0.2, -0.15) is 13.2 Å². The molecule has 5 nitrogen and oxygen atoms in total. The van der Waals surface area contributed by atoms with Crippen molar-refractivity contribution in [2.24, 2.45) is 0 Å². The zero-order valence-electron chi connectivity index (χ0n) is 12.5. The lowest BCUT2D eigenvalue weighted by Gasteiger charge is -2.08. The van der Waals surface area contributed by atoms with Crippen LogP contribution < -0.4 is 4.57 Å². The van der Waals surface area contributed by atoms with Crippen LogP contribution >= 0.6 is 0 Å². The Morgan fingerprint density at radius 2 is 1.67 bits per heavy atom. The van der Waals surface area contributed by atoms with Gasteiger partial charge in [-0.05, 0) is 13.0 Å². The summed E-state index contributed by atoms with van der Waals surface area (Å²) in [7, 11) is -6.09. The van der Waals surface area contributed by atoms with Crippen molar-refractivity contribution in [2.45, 2.75) is 19.0 Å². The van der Waals surface area contributed by atoms with Crippen molar-refractivity contribution in [1.29, 1.82) is 0 Å². The lowest BCUT2D eigenvalue weighted by Crippen LogP contribution is -2.34. The molecule has 0 bridgehead atoms. The Labute approximate surface area is 137 Å². The highest BCUT2D eigenvalue weighted by atomic mass is 32.2. The number of aromatic nitrogens is 1. The lowest BCUT2D eigenvalue weighted by molar-refractivity contribution is -0.688. The molecule has 0 radical (unpaired) electrons. The standard InChI is InChI=1S/C14H14NO.CHF3O3S/c1-12(16)14-8-5-9-15(11-14)10-13-6-3-2-4-7-13;2-1(3,4)8(5,6)7/h2-9,11H,10H2,1H3;(H,5,6,7)/q+1;/p-1. The maximum absolute atomic E-state index is 11.2. The van der Waals surface area contributed by atoms with Gasteiger partial charge in [-0.3, -0.25) is 4.79 Å². The molecule has 0 aliphatic rings. The highest BCUT2D eigenvalue weighted by Gasteiger charge is 2.36. The second-order valence-corrected chi connectivity index (χ2v) is 6.08. The molecule has 0 saturated heterocycles. The fraction of sp³-hybridized carbons (Fsp3) is 0.200. The minimum absolute atomic E-state index is 0.0995. The van der Waals surface area contributed by atoms with Crippen molar-refractivity contribution in [3.05, 3.63) is 66.0 Å². The second-order valence-electron chi connectivity index (χ2n) is 4.71. The Kier molecular flexibility index (Phi) is 6.61. The Bertz CT molecular complexity index is 790. The molecular formula is C15H14F3NO4S. The van der Waals surface area contributed by atoms with Crippen LogP contribution in [0.5, 0.6) is 0 Å². The van der Waals surface area contributed by atoms with E-state index in [0.29, 0.717) is 0 Å². The summed E-state index contributed by atoms with van der Waals surface area (Å²) in [5.41, 5.74) is -3.67. The number of rotatable bonds is 3. The van der Waals surface area contributed by atoms with E-state index in [9.17, 15) is 18.0 Å². The molecule has 1 heterocycles. The number of pyridine rings is 1. The molecule has 0 unspecified atom stereocenters. The lowest BCUT2D eigenvalue weighted by atomic mass is 10.2. The van der Waals surface area contributed by atoms with Crippen LogP contribution in [0, 0.1) is 0 Å². The van der Waals surface area contributed by atoms with Gasteiger partial charge in [0.1, 0.15) is 0 Å². The molecule has 0 aliphatic carbocycles. The molecular weight excluding hydrogens is 347 g/mol. The van der Waals surface area contributed by atoms with Gasteiger partial charge in [-0.1, -0.05) is 30.3 Å². The number of halogens is 3. The molecule has 24 heavy (non-hydrogen) atoms. The van der Waals surface area contributed by atoms with Crippen molar-refractivity contribution in [3.63, 3.8) is 0 Å². The summed E-state index contributed by atoms with van der Waals surface area (Å²) in [5, 5.41) is 0. The smallest absolute Gasteiger partial charge is 0.485 e. The number of benzene rings is 1. The highest BCUT2D eigenvalue weighted by molar-refractivity contribution is 7.86. The molecule has 1 aromatic heterocycles. The number of nitrogens with zero attached hydrogens (tertiary/aromatic N) is 1. The monoisotopic (exact) mass is 361 g/mol. The summed E-state index contributed by atoms with van der Waals surface area (Å²) in [6.45, 7) is 2.38. The first-order valence-corrected chi connectivity index (χ1v) is 7.97. The van der Waals surface area contributed by atoms with E-state index >= 15 is 0 Å². The third-order valence-corrected chi connectivity index (χ3v) is 3.32. The zero-order valence-corrected chi connectivity index (χ0v) is 13.3. The Balaban J connectivity index is 0.000000307. The van der Waals surface area contributed by atoms with Gasteiger partial charge in [0.15, 0.2) is 34.8 Å².